The van der Waals surface area contributed by atoms with Crippen molar-refractivity contribution in [2.45, 2.75) is 19.9 Å². The van der Waals surface area contributed by atoms with Crippen LogP contribution in [-0.4, -0.2) is 10.1 Å². The lowest BCUT2D eigenvalue weighted by molar-refractivity contribution is 0.380. The number of nitrogens with two attached hydrogens (primary N) is 1. The van der Waals surface area contributed by atoms with Crippen molar-refractivity contribution in [3.8, 4) is 11.4 Å². The Balaban J connectivity index is 2.49. The minimum atomic E-state index is 0.245. The van der Waals surface area contributed by atoms with Crippen molar-refractivity contribution in [3.05, 3.63) is 34.7 Å². The molecule has 2 aromatic rings. The first-order chi connectivity index (χ1) is 7.74. The molecule has 0 atom stereocenters. The van der Waals surface area contributed by atoms with E-state index < -0.39 is 0 Å². The van der Waals surface area contributed by atoms with Gasteiger partial charge in [-0.2, -0.15) is 4.98 Å². The number of nitrogens with zero attached hydrogens (tertiary/aromatic N) is 2. The van der Waals surface area contributed by atoms with E-state index in [1.165, 1.54) is 0 Å². The van der Waals surface area contributed by atoms with E-state index in [-0.39, 0.29) is 6.54 Å². The maximum absolute atomic E-state index is 5.95. The van der Waals surface area contributed by atoms with Crippen LogP contribution in [0.5, 0.6) is 0 Å². The van der Waals surface area contributed by atoms with Crippen molar-refractivity contribution in [3.63, 3.8) is 0 Å². The fourth-order valence-electron chi connectivity index (χ4n) is 1.51. The number of rotatable bonds is 3. The molecule has 0 bridgehead atoms. The molecule has 0 spiro atoms. The lowest BCUT2D eigenvalue weighted by Crippen LogP contribution is -1.96. The van der Waals surface area contributed by atoms with Crippen LogP contribution in [0.3, 0.4) is 0 Å². The smallest absolute Gasteiger partial charge is 0.240 e. The average Bonchev–Trinajstić information content (AvgIpc) is 2.77. The van der Waals surface area contributed by atoms with Crippen LogP contribution in [-0.2, 0) is 13.0 Å². The Morgan fingerprint density at radius 3 is 2.88 bits per heavy atom. The van der Waals surface area contributed by atoms with Crippen LogP contribution in [0.2, 0.25) is 5.02 Å². The largest absolute Gasteiger partial charge is 0.338 e. The molecule has 0 amide bonds. The van der Waals surface area contributed by atoms with Gasteiger partial charge in [-0.25, -0.2) is 0 Å². The predicted octanol–water partition coefficient (Wildman–Crippen LogP) is 2.41. The summed E-state index contributed by atoms with van der Waals surface area (Å²) in [6.45, 7) is 2.31. The summed E-state index contributed by atoms with van der Waals surface area (Å²) in [6, 6.07) is 5.66. The predicted molar refractivity (Wildman–Crippen MR) is 62.0 cm³/mol. The van der Waals surface area contributed by atoms with E-state index >= 15 is 0 Å². The van der Waals surface area contributed by atoms with Gasteiger partial charge in [-0.1, -0.05) is 29.7 Å². The summed E-state index contributed by atoms with van der Waals surface area (Å²) in [5, 5.41) is 4.54. The molecule has 1 aromatic carbocycles. The van der Waals surface area contributed by atoms with Gasteiger partial charge in [0.1, 0.15) is 0 Å². The second kappa shape index (κ2) is 4.63. The summed E-state index contributed by atoms with van der Waals surface area (Å²) in [5.41, 5.74) is 7.45. The van der Waals surface area contributed by atoms with Crippen molar-refractivity contribution in [2.24, 2.45) is 5.73 Å². The standard InChI is InChI=1S/C11H12ClN3O/c1-2-7-3-4-8(12)5-9(7)11-14-10(6-13)16-15-11/h3-5H,2,6,13H2,1H3. The fourth-order valence-corrected chi connectivity index (χ4v) is 1.68. The zero-order valence-electron chi connectivity index (χ0n) is 8.90. The molecule has 0 aliphatic rings. The van der Waals surface area contributed by atoms with Gasteiger partial charge in [0.05, 0.1) is 6.54 Å². The van der Waals surface area contributed by atoms with E-state index in [9.17, 15) is 0 Å². The third kappa shape index (κ3) is 2.08. The van der Waals surface area contributed by atoms with E-state index in [4.69, 9.17) is 21.9 Å². The van der Waals surface area contributed by atoms with Crippen LogP contribution in [0.25, 0.3) is 11.4 Å². The highest BCUT2D eigenvalue weighted by Crippen LogP contribution is 2.25. The molecular formula is C11H12ClN3O. The van der Waals surface area contributed by atoms with Crippen LogP contribution in [0.4, 0.5) is 0 Å². The maximum Gasteiger partial charge on any atom is 0.240 e. The Morgan fingerprint density at radius 2 is 2.25 bits per heavy atom. The van der Waals surface area contributed by atoms with Gasteiger partial charge in [0.25, 0.3) is 0 Å². The van der Waals surface area contributed by atoms with Crippen molar-refractivity contribution >= 4 is 11.6 Å². The van der Waals surface area contributed by atoms with E-state index in [1.54, 1.807) is 0 Å². The van der Waals surface area contributed by atoms with Gasteiger partial charge in [-0.05, 0) is 24.1 Å². The van der Waals surface area contributed by atoms with Crippen molar-refractivity contribution in [1.29, 1.82) is 0 Å². The highest BCUT2D eigenvalue weighted by Gasteiger charge is 2.11. The minimum absolute atomic E-state index is 0.245. The number of aromatic nitrogens is 2. The molecule has 1 aromatic heterocycles. The molecule has 2 N–H and O–H groups in total. The molecule has 0 saturated carbocycles. The maximum atomic E-state index is 5.95. The molecule has 2 rings (SSSR count). The minimum Gasteiger partial charge on any atom is -0.338 e. The van der Waals surface area contributed by atoms with Crippen LogP contribution in [0.1, 0.15) is 18.4 Å². The molecule has 0 saturated heterocycles. The van der Waals surface area contributed by atoms with E-state index in [0.29, 0.717) is 16.7 Å². The number of hydrogen-bond acceptors (Lipinski definition) is 4. The van der Waals surface area contributed by atoms with Gasteiger partial charge < -0.3 is 10.3 Å². The normalized spacial score (nSPS) is 10.7. The van der Waals surface area contributed by atoms with Crippen LogP contribution in [0.15, 0.2) is 22.7 Å². The van der Waals surface area contributed by atoms with Crippen LogP contribution in [0, 0.1) is 0 Å². The van der Waals surface area contributed by atoms with Crippen molar-refractivity contribution in [1.82, 2.24) is 10.1 Å². The lowest BCUT2D eigenvalue weighted by atomic mass is 10.1. The van der Waals surface area contributed by atoms with E-state index in [0.717, 1.165) is 17.5 Å². The summed E-state index contributed by atoms with van der Waals surface area (Å²) < 4.78 is 4.98. The zero-order valence-corrected chi connectivity index (χ0v) is 9.66. The van der Waals surface area contributed by atoms with Crippen LogP contribution < -0.4 is 5.73 Å². The van der Waals surface area contributed by atoms with Gasteiger partial charge in [-0.15, -0.1) is 0 Å². The summed E-state index contributed by atoms with van der Waals surface area (Å²) >= 11 is 5.95. The third-order valence-electron chi connectivity index (χ3n) is 2.34. The van der Waals surface area contributed by atoms with Gasteiger partial charge in [0, 0.05) is 10.6 Å². The van der Waals surface area contributed by atoms with Crippen molar-refractivity contribution < 1.29 is 4.52 Å². The number of aryl methyl sites for hydroxylation is 1. The molecular weight excluding hydrogens is 226 g/mol. The highest BCUT2D eigenvalue weighted by molar-refractivity contribution is 6.30. The topological polar surface area (TPSA) is 64.9 Å². The first-order valence-corrected chi connectivity index (χ1v) is 5.43. The first kappa shape index (κ1) is 11.1. The summed E-state index contributed by atoms with van der Waals surface area (Å²) in [7, 11) is 0. The molecule has 84 valence electrons. The van der Waals surface area contributed by atoms with Gasteiger partial charge >= 0.3 is 0 Å². The highest BCUT2D eigenvalue weighted by atomic mass is 35.5. The fraction of sp³-hybridized carbons (Fsp3) is 0.273. The van der Waals surface area contributed by atoms with E-state index in [2.05, 4.69) is 17.1 Å². The van der Waals surface area contributed by atoms with Crippen molar-refractivity contribution in [2.75, 3.05) is 0 Å². The molecule has 5 heteroatoms. The Hall–Kier alpha value is -1.39. The Bertz CT molecular complexity index is 496. The summed E-state index contributed by atoms with van der Waals surface area (Å²) in [4.78, 5) is 4.19. The number of halogens is 1. The monoisotopic (exact) mass is 237 g/mol. The van der Waals surface area contributed by atoms with Crippen LogP contribution >= 0.6 is 11.6 Å². The third-order valence-corrected chi connectivity index (χ3v) is 2.57. The summed E-state index contributed by atoms with van der Waals surface area (Å²) in [6.07, 6.45) is 0.888. The SMILES string of the molecule is CCc1ccc(Cl)cc1-c1noc(CN)n1. The number of hydrogen-bond donors (Lipinski definition) is 1. The lowest BCUT2D eigenvalue weighted by Gasteiger charge is -2.03. The molecule has 1 heterocycles. The van der Waals surface area contributed by atoms with Gasteiger partial charge in [-0.3, -0.25) is 0 Å². The number of benzene rings is 1. The second-order valence-corrected chi connectivity index (χ2v) is 3.81. The summed E-state index contributed by atoms with van der Waals surface area (Å²) in [5.74, 6) is 0.969. The molecule has 0 radical (unpaired) electrons. The molecule has 0 aliphatic heterocycles. The molecule has 0 aliphatic carbocycles. The molecule has 16 heavy (non-hydrogen) atoms. The average molecular weight is 238 g/mol. The van der Waals surface area contributed by atoms with E-state index in [1.807, 2.05) is 18.2 Å². The Labute approximate surface area is 98.4 Å². The molecule has 0 unspecified atom stereocenters. The zero-order chi connectivity index (χ0) is 11.5. The van der Waals surface area contributed by atoms with Gasteiger partial charge in [0.15, 0.2) is 0 Å². The first-order valence-electron chi connectivity index (χ1n) is 5.06. The Morgan fingerprint density at radius 1 is 1.44 bits per heavy atom. The quantitative estimate of drug-likeness (QED) is 0.890. The van der Waals surface area contributed by atoms with Gasteiger partial charge in [0.2, 0.25) is 11.7 Å². The molecule has 4 nitrogen and oxygen atoms in total. The molecule has 0 fully saturated rings. The Kier molecular flexibility index (Phi) is 3.22. The second-order valence-electron chi connectivity index (χ2n) is 3.37.